The van der Waals surface area contributed by atoms with Crippen LogP contribution in [-0.4, -0.2) is 6.54 Å². The standard InChI is InChI=1S/C17H27N/c1-3-5-14-8-10-16(11-9-14)17(18-12-4-2)13-15-6-7-15/h8-11,15,17-18H,3-7,12-13H2,1-2H3. The van der Waals surface area contributed by atoms with Crippen LogP contribution in [0.15, 0.2) is 24.3 Å². The van der Waals surface area contributed by atoms with Crippen LogP contribution in [0.4, 0.5) is 0 Å². The SMILES string of the molecule is CCCNC(CC1CC1)c1ccc(CCC)cc1. The number of hydrogen-bond donors (Lipinski definition) is 1. The van der Waals surface area contributed by atoms with Crippen LogP contribution >= 0.6 is 0 Å². The Bertz CT molecular complexity index is 337. The Morgan fingerprint density at radius 1 is 1.11 bits per heavy atom. The van der Waals surface area contributed by atoms with Gasteiger partial charge in [0.25, 0.3) is 0 Å². The van der Waals surface area contributed by atoms with Gasteiger partial charge < -0.3 is 5.32 Å². The van der Waals surface area contributed by atoms with Gasteiger partial charge in [0.15, 0.2) is 0 Å². The lowest BCUT2D eigenvalue weighted by Gasteiger charge is -2.19. The Labute approximate surface area is 112 Å². The molecular formula is C17H27N. The Morgan fingerprint density at radius 3 is 2.39 bits per heavy atom. The first-order valence-corrected chi connectivity index (χ1v) is 7.65. The maximum absolute atomic E-state index is 3.71. The highest BCUT2D eigenvalue weighted by molar-refractivity contribution is 5.25. The van der Waals surface area contributed by atoms with Crippen molar-refractivity contribution in [1.82, 2.24) is 5.32 Å². The summed E-state index contributed by atoms with van der Waals surface area (Å²) in [6, 6.07) is 9.87. The van der Waals surface area contributed by atoms with Gasteiger partial charge in [0.05, 0.1) is 0 Å². The van der Waals surface area contributed by atoms with Gasteiger partial charge in [-0.1, -0.05) is 57.4 Å². The summed E-state index contributed by atoms with van der Waals surface area (Å²) in [5.74, 6) is 0.981. The summed E-state index contributed by atoms with van der Waals surface area (Å²) in [6.07, 6.45) is 7.87. The monoisotopic (exact) mass is 245 g/mol. The summed E-state index contributed by atoms with van der Waals surface area (Å²) in [5, 5.41) is 3.71. The third-order valence-corrected chi connectivity index (χ3v) is 3.83. The smallest absolute Gasteiger partial charge is 0.0322 e. The molecule has 0 spiro atoms. The molecule has 1 aliphatic rings. The van der Waals surface area contributed by atoms with Crippen molar-refractivity contribution >= 4 is 0 Å². The largest absolute Gasteiger partial charge is 0.310 e. The molecule has 1 heteroatoms. The molecule has 0 aromatic heterocycles. The molecule has 1 saturated carbocycles. The molecule has 2 rings (SSSR count). The molecule has 1 aromatic rings. The zero-order valence-corrected chi connectivity index (χ0v) is 11.9. The molecule has 0 amide bonds. The first kappa shape index (κ1) is 13.6. The number of rotatable bonds is 8. The molecule has 18 heavy (non-hydrogen) atoms. The third-order valence-electron chi connectivity index (χ3n) is 3.83. The maximum atomic E-state index is 3.71. The highest BCUT2D eigenvalue weighted by atomic mass is 14.9. The lowest BCUT2D eigenvalue weighted by molar-refractivity contribution is 0.474. The van der Waals surface area contributed by atoms with Gasteiger partial charge in [-0.05, 0) is 42.9 Å². The topological polar surface area (TPSA) is 12.0 Å². The van der Waals surface area contributed by atoms with Gasteiger partial charge in [-0.25, -0.2) is 0 Å². The molecule has 1 N–H and O–H groups in total. The minimum absolute atomic E-state index is 0.577. The van der Waals surface area contributed by atoms with Crippen molar-refractivity contribution in [3.8, 4) is 0 Å². The zero-order valence-electron chi connectivity index (χ0n) is 11.9. The molecule has 1 fully saturated rings. The lowest BCUT2D eigenvalue weighted by Crippen LogP contribution is -2.22. The van der Waals surface area contributed by atoms with Crippen LogP contribution in [0.2, 0.25) is 0 Å². The lowest BCUT2D eigenvalue weighted by atomic mass is 9.98. The van der Waals surface area contributed by atoms with E-state index in [0.717, 1.165) is 12.5 Å². The Balaban J connectivity index is 1.98. The van der Waals surface area contributed by atoms with Gasteiger partial charge in [0, 0.05) is 6.04 Å². The van der Waals surface area contributed by atoms with Crippen molar-refractivity contribution in [2.75, 3.05) is 6.54 Å². The molecule has 0 aliphatic heterocycles. The van der Waals surface area contributed by atoms with Gasteiger partial charge in [0.1, 0.15) is 0 Å². The fraction of sp³-hybridized carbons (Fsp3) is 0.647. The van der Waals surface area contributed by atoms with Gasteiger partial charge in [-0.3, -0.25) is 0 Å². The summed E-state index contributed by atoms with van der Waals surface area (Å²) in [7, 11) is 0. The molecule has 0 radical (unpaired) electrons. The summed E-state index contributed by atoms with van der Waals surface area (Å²) >= 11 is 0. The summed E-state index contributed by atoms with van der Waals surface area (Å²) in [5.41, 5.74) is 2.96. The average molecular weight is 245 g/mol. The quantitative estimate of drug-likeness (QED) is 0.712. The Hall–Kier alpha value is -0.820. The summed E-state index contributed by atoms with van der Waals surface area (Å²) < 4.78 is 0. The van der Waals surface area contributed by atoms with E-state index in [2.05, 4.69) is 43.4 Å². The number of aryl methyl sites for hydroxylation is 1. The predicted molar refractivity (Wildman–Crippen MR) is 78.8 cm³/mol. The first-order valence-electron chi connectivity index (χ1n) is 7.65. The summed E-state index contributed by atoms with van der Waals surface area (Å²) in [6.45, 7) is 5.62. The fourth-order valence-electron chi connectivity index (χ4n) is 2.55. The molecule has 1 nitrogen and oxygen atoms in total. The molecule has 0 saturated heterocycles. The Morgan fingerprint density at radius 2 is 1.83 bits per heavy atom. The third kappa shape index (κ3) is 4.13. The van der Waals surface area contributed by atoms with Crippen LogP contribution in [0, 0.1) is 5.92 Å². The van der Waals surface area contributed by atoms with Crippen LogP contribution in [0.1, 0.15) is 63.1 Å². The second-order valence-corrected chi connectivity index (χ2v) is 5.68. The van der Waals surface area contributed by atoms with Gasteiger partial charge in [0.2, 0.25) is 0 Å². The van der Waals surface area contributed by atoms with Crippen LogP contribution in [0.25, 0.3) is 0 Å². The predicted octanol–water partition coefficient (Wildman–Crippen LogP) is 4.48. The van der Waals surface area contributed by atoms with E-state index < -0.39 is 0 Å². The van der Waals surface area contributed by atoms with Crippen LogP contribution < -0.4 is 5.32 Å². The maximum Gasteiger partial charge on any atom is 0.0322 e. The van der Waals surface area contributed by atoms with Crippen molar-refractivity contribution in [2.45, 2.75) is 58.4 Å². The zero-order chi connectivity index (χ0) is 12.8. The van der Waals surface area contributed by atoms with Crippen LogP contribution in [0.5, 0.6) is 0 Å². The van der Waals surface area contributed by atoms with Crippen molar-refractivity contribution < 1.29 is 0 Å². The highest BCUT2D eigenvalue weighted by Crippen LogP contribution is 2.37. The van der Waals surface area contributed by atoms with E-state index in [-0.39, 0.29) is 0 Å². The van der Waals surface area contributed by atoms with E-state index in [0.29, 0.717) is 6.04 Å². The molecule has 100 valence electrons. The van der Waals surface area contributed by atoms with Gasteiger partial charge in [-0.15, -0.1) is 0 Å². The molecule has 1 aliphatic carbocycles. The van der Waals surface area contributed by atoms with Crippen molar-refractivity contribution in [2.24, 2.45) is 5.92 Å². The van der Waals surface area contributed by atoms with Gasteiger partial charge >= 0.3 is 0 Å². The number of hydrogen-bond acceptors (Lipinski definition) is 1. The fourth-order valence-corrected chi connectivity index (χ4v) is 2.55. The number of benzene rings is 1. The second kappa shape index (κ2) is 6.94. The average Bonchev–Trinajstić information content (AvgIpc) is 3.20. The minimum atomic E-state index is 0.577. The molecule has 0 heterocycles. The van der Waals surface area contributed by atoms with E-state index in [1.54, 1.807) is 0 Å². The summed E-state index contributed by atoms with van der Waals surface area (Å²) in [4.78, 5) is 0. The van der Waals surface area contributed by atoms with E-state index in [4.69, 9.17) is 0 Å². The molecule has 1 atom stereocenters. The molecule has 0 bridgehead atoms. The van der Waals surface area contributed by atoms with Crippen molar-refractivity contribution in [3.05, 3.63) is 35.4 Å². The Kier molecular flexibility index (Phi) is 5.25. The second-order valence-electron chi connectivity index (χ2n) is 5.68. The molecule has 1 aromatic carbocycles. The van der Waals surface area contributed by atoms with Crippen LogP contribution in [-0.2, 0) is 6.42 Å². The van der Waals surface area contributed by atoms with Crippen molar-refractivity contribution in [3.63, 3.8) is 0 Å². The normalized spacial score (nSPS) is 16.8. The van der Waals surface area contributed by atoms with Crippen molar-refractivity contribution in [1.29, 1.82) is 0 Å². The van der Waals surface area contributed by atoms with E-state index in [9.17, 15) is 0 Å². The molecular weight excluding hydrogens is 218 g/mol. The van der Waals surface area contributed by atoms with E-state index in [1.807, 2.05) is 0 Å². The van der Waals surface area contributed by atoms with E-state index >= 15 is 0 Å². The van der Waals surface area contributed by atoms with E-state index in [1.165, 1.54) is 49.7 Å². The molecule has 1 unspecified atom stereocenters. The van der Waals surface area contributed by atoms with Crippen LogP contribution in [0.3, 0.4) is 0 Å². The highest BCUT2D eigenvalue weighted by Gasteiger charge is 2.25. The first-order chi connectivity index (χ1) is 8.83. The minimum Gasteiger partial charge on any atom is -0.310 e. The van der Waals surface area contributed by atoms with Gasteiger partial charge in [-0.2, -0.15) is 0 Å². The number of nitrogens with one attached hydrogen (secondary N) is 1.